The van der Waals surface area contributed by atoms with E-state index in [4.69, 9.17) is 22.1 Å². The Hall–Kier alpha value is -2.53. The van der Waals surface area contributed by atoms with Gasteiger partial charge in [-0.25, -0.2) is 0 Å². The standard InChI is InChI=1S/C17H17ClN2O3/c18-14-5-1-12(2-6-14)9-10-20-16(21)11-23-15-7-3-13(4-8-15)17(19)22/h1-8H,9-11H2,(H2,19,22)(H,20,21). The van der Waals surface area contributed by atoms with E-state index < -0.39 is 5.91 Å². The highest BCUT2D eigenvalue weighted by atomic mass is 35.5. The van der Waals surface area contributed by atoms with Gasteiger partial charge in [-0.3, -0.25) is 9.59 Å². The molecule has 6 heteroatoms. The predicted molar refractivity (Wildman–Crippen MR) is 88.6 cm³/mol. The quantitative estimate of drug-likeness (QED) is 0.815. The van der Waals surface area contributed by atoms with Crippen molar-refractivity contribution in [1.82, 2.24) is 5.32 Å². The van der Waals surface area contributed by atoms with Gasteiger partial charge in [0.25, 0.3) is 5.91 Å². The normalized spacial score (nSPS) is 10.1. The molecule has 0 aliphatic carbocycles. The van der Waals surface area contributed by atoms with Crippen molar-refractivity contribution in [2.24, 2.45) is 5.73 Å². The molecule has 0 radical (unpaired) electrons. The van der Waals surface area contributed by atoms with Gasteiger partial charge in [0.15, 0.2) is 6.61 Å². The van der Waals surface area contributed by atoms with Crippen LogP contribution in [0.5, 0.6) is 5.75 Å². The van der Waals surface area contributed by atoms with Crippen LogP contribution in [0.3, 0.4) is 0 Å². The van der Waals surface area contributed by atoms with Gasteiger partial charge in [-0.15, -0.1) is 0 Å². The predicted octanol–water partition coefficient (Wildman–Crippen LogP) is 2.18. The number of hydrogen-bond acceptors (Lipinski definition) is 3. The van der Waals surface area contributed by atoms with Gasteiger partial charge < -0.3 is 15.8 Å². The molecule has 0 saturated carbocycles. The van der Waals surface area contributed by atoms with Crippen molar-refractivity contribution in [3.63, 3.8) is 0 Å². The van der Waals surface area contributed by atoms with Crippen molar-refractivity contribution < 1.29 is 14.3 Å². The monoisotopic (exact) mass is 332 g/mol. The third-order valence-electron chi connectivity index (χ3n) is 3.16. The molecule has 0 unspecified atom stereocenters. The largest absolute Gasteiger partial charge is 0.484 e. The summed E-state index contributed by atoms with van der Waals surface area (Å²) in [4.78, 5) is 22.6. The van der Waals surface area contributed by atoms with Gasteiger partial charge in [0, 0.05) is 17.1 Å². The molecule has 0 spiro atoms. The lowest BCUT2D eigenvalue weighted by Gasteiger charge is -2.08. The molecule has 0 aromatic heterocycles. The van der Waals surface area contributed by atoms with Crippen LogP contribution in [-0.4, -0.2) is 25.0 Å². The zero-order valence-electron chi connectivity index (χ0n) is 12.4. The SMILES string of the molecule is NC(=O)c1ccc(OCC(=O)NCCc2ccc(Cl)cc2)cc1. The number of carbonyl (C=O) groups is 2. The maximum absolute atomic E-state index is 11.7. The minimum atomic E-state index is -0.503. The molecule has 0 atom stereocenters. The van der Waals surface area contributed by atoms with Crippen LogP contribution in [0, 0.1) is 0 Å². The van der Waals surface area contributed by atoms with Crippen LogP contribution >= 0.6 is 11.6 Å². The summed E-state index contributed by atoms with van der Waals surface area (Å²) in [7, 11) is 0. The fourth-order valence-electron chi connectivity index (χ4n) is 1.91. The maximum Gasteiger partial charge on any atom is 0.257 e. The average Bonchev–Trinajstić information content (AvgIpc) is 2.55. The van der Waals surface area contributed by atoms with Crippen LogP contribution < -0.4 is 15.8 Å². The molecule has 0 aliphatic heterocycles. The summed E-state index contributed by atoms with van der Waals surface area (Å²) in [6.07, 6.45) is 0.718. The lowest BCUT2D eigenvalue weighted by molar-refractivity contribution is -0.123. The molecule has 0 aliphatic rings. The Balaban J connectivity index is 1.70. The third-order valence-corrected chi connectivity index (χ3v) is 3.41. The summed E-state index contributed by atoms with van der Waals surface area (Å²) in [5.74, 6) is -0.211. The number of ether oxygens (including phenoxy) is 1. The Kier molecular flexibility index (Phi) is 6.00. The molecular formula is C17H17ClN2O3. The molecule has 2 aromatic carbocycles. The van der Waals surface area contributed by atoms with Crippen molar-refractivity contribution in [2.75, 3.05) is 13.2 Å². The van der Waals surface area contributed by atoms with E-state index in [0.717, 1.165) is 12.0 Å². The van der Waals surface area contributed by atoms with Crippen molar-refractivity contribution in [2.45, 2.75) is 6.42 Å². The smallest absolute Gasteiger partial charge is 0.257 e. The molecule has 2 aromatic rings. The minimum absolute atomic E-state index is 0.0868. The fraction of sp³-hybridized carbons (Fsp3) is 0.176. The lowest BCUT2D eigenvalue weighted by atomic mass is 10.1. The zero-order chi connectivity index (χ0) is 16.7. The van der Waals surface area contributed by atoms with E-state index in [-0.39, 0.29) is 12.5 Å². The van der Waals surface area contributed by atoms with E-state index in [1.165, 1.54) is 0 Å². The van der Waals surface area contributed by atoms with E-state index in [9.17, 15) is 9.59 Å². The number of primary amides is 1. The molecule has 2 amide bonds. The van der Waals surface area contributed by atoms with Crippen LogP contribution in [0.1, 0.15) is 15.9 Å². The Morgan fingerprint density at radius 1 is 1.04 bits per heavy atom. The maximum atomic E-state index is 11.7. The fourth-order valence-corrected chi connectivity index (χ4v) is 2.04. The summed E-state index contributed by atoms with van der Waals surface area (Å²) in [6, 6.07) is 13.8. The van der Waals surface area contributed by atoms with Crippen molar-refractivity contribution in [3.05, 3.63) is 64.7 Å². The second-order valence-corrected chi connectivity index (χ2v) is 5.34. The summed E-state index contributed by atoms with van der Waals surface area (Å²) < 4.78 is 5.34. The molecule has 5 nitrogen and oxygen atoms in total. The van der Waals surface area contributed by atoms with Crippen LogP contribution in [0.2, 0.25) is 5.02 Å². The number of hydrogen-bond donors (Lipinski definition) is 2. The topological polar surface area (TPSA) is 81.4 Å². The van der Waals surface area contributed by atoms with Gasteiger partial charge in [-0.1, -0.05) is 23.7 Å². The first kappa shape index (κ1) is 16.8. The van der Waals surface area contributed by atoms with Gasteiger partial charge in [0.05, 0.1) is 0 Å². The number of halogens is 1. The molecule has 0 bridgehead atoms. The lowest BCUT2D eigenvalue weighted by Crippen LogP contribution is -2.30. The van der Waals surface area contributed by atoms with Crippen molar-refractivity contribution in [3.8, 4) is 5.75 Å². The number of amides is 2. The second-order valence-electron chi connectivity index (χ2n) is 4.90. The minimum Gasteiger partial charge on any atom is -0.484 e. The first-order chi connectivity index (χ1) is 11.0. The van der Waals surface area contributed by atoms with Gasteiger partial charge in [-0.05, 0) is 48.4 Å². The molecule has 0 saturated heterocycles. The Labute approximate surface area is 139 Å². The third kappa shape index (κ3) is 5.64. The zero-order valence-corrected chi connectivity index (χ0v) is 13.2. The summed E-state index contributed by atoms with van der Waals surface area (Å²) in [6.45, 7) is 0.432. The Morgan fingerprint density at radius 2 is 1.70 bits per heavy atom. The second kappa shape index (κ2) is 8.19. The molecule has 23 heavy (non-hydrogen) atoms. The highest BCUT2D eigenvalue weighted by molar-refractivity contribution is 6.30. The highest BCUT2D eigenvalue weighted by Gasteiger charge is 2.04. The molecule has 2 rings (SSSR count). The van der Waals surface area contributed by atoms with Crippen LogP contribution in [-0.2, 0) is 11.2 Å². The van der Waals surface area contributed by atoms with E-state index in [1.807, 2.05) is 24.3 Å². The van der Waals surface area contributed by atoms with Gasteiger partial charge >= 0.3 is 0 Å². The highest BCUT2D eigenvalue weighted by Crippen LogP contribution is 2.12. The van der Waals surface area contributed by atoms with E-state index in [0.29, 0.717) is 22.9 Å². The molecule has 0 fully saturated rings. The summed E-state index contributed by atoms with van der Waals surface area (Å²) in [5.41, 5.74) is 6.63. The van der Waals surface area contributed by atoms with Crippen molar-refractivity contribution in [1.29, 1.82) is 0 Å². The molecule has 3 N–H and O–H groups in total. The van der Waals surface area contributed by atoms with Gasteiger partial charge in [0.1, 0.15) is 5.75 Å². The summed E-state index contributed by atoms with van der Waals surface area (Å²) >= 11 is 5.81. The van der Waals surface area contributed by atoms with Gasteiger partial charge in [0.2, 0.25) is 5.91 Å². The number of nitrogens with one attached hydrogen (secondary N) is 1. The number of benzene rings is 2. The number of carbonyl (C=O) groups excluding carboxylic acids is 2. The molecule has 0 heterocycles. The van der Waals surface area contributed by atoms with E-state index >= 15 is 0 Å². The first-order valence-electron chi connectivity index (χ1n) is 7.08. The Morgan fingerprint density at radius 3 is 2.30 bits per heavy atom. The molecule has 120 valence electrons. The van der Waals surface area contributed by atoms with Crippen LogP contribution in [0.25, 0.3) is 0 Å². The molecular weight excluding hydrogens is 316 g/mol. The van der Waals surface area contributed by atoms with Gasteiger partial charge in [-0.2, -0.15) is 0 Å². The van der Waals surface area contributed by atoms with Crippen LogP contribution in [0.15, 0.2) is 48.5 Å². The summed E-state index contributed by atoms with van der Waals surface area (Å²) in [5, 5.41) is 3.46. The van der Waals surface area contributed by atoms with E-state index in [1.54, 1.807) is 24.3 Å². The van der Waals surface area contributed by atoms with E-state index in [2.05, 4.69) is 5.32 Å². The average molecular weight is 333 g/mol. The van der Waals surface area contributed by atoms with Crippen molar-refractivity contribution >= 4 is 23.4 Å². The van der Waals surface area contributed by atoms with Crippen LogP contribution in [0.4, 0.5) is 0 Å². The first-order valence-corrected chi connectivity index (χ1v) is 7.46. The number of rotatable bonds is 7. The number of nitrogens with two attached hydrogens (primary N) is 1. The Bertz CT molecular complexity index is 669.